The van der Waals surface area contributed by atoms with Gasteiger partial charge in [-0.1, -0.05) is 48.5 Å². The van der Waals surface area contributed by atoms with Crippen LogP contribution in [0.2, 0.25) is 0 Å². The van der Waals surface area contributed by atoms with Gasteiger partial charge >= 0.3 is 0 Å². The van der Waals surface area contributed by atoms with Gasteiger partial charge in [0, 0.05) is 5.69 Å². The van der Waals surface area contributed by atoms with Crippen molar-refractivity contribution in [1.82, 2.24) is 5.43 Å². The maximum atomic E-state index is 12.1. The van der Waals surface area contributed by atoms with Crippen LogP contribution in [0.4, 0.5) is 5.69 Å². The van der Waals surface area contributed by atoms with Crippen LogP contribution < -0.4 is 10.7 Å². The fraction of sp³-hybridized carbons (Fsp3) is 0.143. The number of carbonyl (C=O) groups is 1. The van der Waals surface area contributed by atoms with Crippen LogP contribution in [0, 0.1) is 6.92 Å². The van der Waals surface area contributed by atoms with E-state index in [0.29, 0.717) is 0 Å². The first-order valence-electron chi connectivity index (χ1n) is 8.27. The number of nitrogens with one attached hydrogen (secondary N) is 2. The second-order valence-electron chi connectivity index (χ2n) is 6.08. The van der Waals surface area contributed by atoms with E-state index < -0.39 is 0 Å². The monoisotopic (exact) mass is 331 g/mol. The Bertz CT molecular complexity index is 918. The van der Waals surface area contributed by atoms with E-state index in [2.05, 4.69) is 28.0 Å². The van der Waals surface area contributed by atoms with Crippen molar-refractivity contribution in [2.75, 3.05) is 5.32 Å². The summed E-state index contributed by atoms with van der Waals surface area (Å²) in [5.74, 6) is -0.182. The van der Waals surface area contributed by atoms with Crippen molar-refractivity contribution in [3.05, 3.63) is 77.9 Å². The number of hydrazone groups is 1. The highest BCUT2D eigenvalue weighted by Crippen LogP contribution is 2.14. The molecule has 126 valence electrons. The van der Waals surface area contributed by atoms with Crippen LogP contribution in [0.5, 0.6) is 0 Å². The Morgan fingerprint density at radius 1 is 1.00 bits per heavy atom. The van der Waals surface area contributed by atoms with Gasteiger partial charge in [-0.25, -0.2) is 5.43 Å². The molecular formula is C21H21N3O. The predicted molar refractivity (Wildman–Crippen MR) is 104 cm³/mol. The molecule has 0 saturated carbocycles. The summed E-state index contributed by atoms with van der Waals surface area (Å²) in [6.07, 6.45) is 1.66. The number of hydrogen-bond acceptors (Lipinski definition) is 3. The van der Waals surface area contributed by atoms with Crippen LogP contribution in [0.1, 0.15) is 18.1 Å². The molecule has 0 radical (unpaired) electrons. The molecule has 1 amide bonds. The van der Waals surface area contributed by atoms with Crippen LogP contribution in [-0.4, -0.2) is 18.2 Å². The molecule has 0 saturated heterocycles. The molecule has 0 fully saturated rings. The molecule has 4 heteroatoms. The maximum absolute atomic E-state index is 12.1. The van der Waals surface area contributed by atoms with Crippen molar-refractivity contribution in [3.8, 4) is 0 Å². The van der Waals surface area contributed by atoms with E-state index in [1.54, 1.807) is 6.21 Å². The van der Waals surface area contributed by atoms with E-state index in [4.69, 9.17) is 0 Å². The van der Waals surface area contributed by atoms with Crippen molar-refractivity contribution >= 4 is 28.6 Å². The van der Waals surface area contributed by atoms with E-state index in [0.717, 1.165) is 22.2 Å². The molecule has 0 heterocycles. The number of fused-ring (bicyclic) bond motifs is 1. The van der Waals surface area contributed by atoms with Gasteiger partial charge in [0.25, 0.3) is 5.91 Å². The standard InChI is InChI=1S/C21H21N3O/c1-15-6-5-9-20(12-15)23-16(2)21(25)24-22-14-17-10-11-18-7-3-4-8-19(18)13-17/h3-14,16,23H,1-2H3,(H,24,25)/b22-14-/t16-/m0/s1. The van der Waals surface area contributed by atoms with E-state index in [1.807, 2.05) is 68.4 Å². The van der Waals surface area contributed by atoms with Crippen LogP contribution in [-0.2, 0) is 4.79 Å². The zero-order valence-corrected chi connectivity index (χ0v) is 14.4. The van der Waals surface area contributed by atoms with Crippen LogP contribution in [0.25, 0.3) is 10.8 Å². The molecule has 1 atom stereocenters. The normalized spacial score (nSPS) is 12.2. The Kier molecular flexibility index (Phi) is 5.09. The van der Waals surface area contributed by atoms with Crippen LogP contribution in [0.3, 0.4) is 0 Å². The fourth-order valence-electron chi connectivity index (χ4n) is 2.61. The predicted octanol–water partition coefficient (Wildman–Crippen LogP) is 4.10. The van der Waals surface area contributed by atoms with Gasteiger partial charge in [-0.05, 0) is 53.9 Å². The number of nitrogens with zero attached hydrogens (tertiary/aromatic N) is 1. The van der Waals surface area contributed by atoms with E-state index in [-0.39, 0.29) is 11.9 Å². The Labute approximate surface area is 147 Å². The quantitative estimate of drug-likeness (QED) is 0.546. The minimum atomic E-state index is -0.379. The molecule has 0 aliphatic rings. The summed E-state index contributed by atoms with van der Waals surface area (Å²) in [5.41, 5.74) is 5.59. The van der Waals surface area contributed by atoms with Crippen molar-refractivity contribution in [2.45, 2.75) is 19.9 Å². The number of amides is 1. The molecule has 4 nitrogen and oxygen atoms in total. The van der Waals surface area contributed by atoms with Gasteiger partial charge in [0.1, 0.15) is 6.04 Å². The maximum Gasteiger partial charge on any atom is 0.262 e. The Balaban J connectivity index is 1.59. The van der Waals surface area contributed by atoms with Crippen molar-refractivity contribution < 1.29 is 4.79 Å². The molecule has 3 aromatic rings. The summed E-state index contributed by atoms with van der Waals surface area (Å²) >= 11 is 0. The van der Waals surface area contributed by atoms with Gasteiger partial charge < -0.3 is 5.32 Å². The average molecular weight is 331 g/mol. The minimum Gasteiger partial charge on any atom is -0.374 e. The molecule has 0 aromatic heterocycles. The lowest BCUT2D eigenvalue weighted by Crippen LogP contribution is -2.34. The van der Waals surface area contributed by atoms with Crippen LogP contribution in [0.15, 0.2) is 71.8 Å². The zero-order valence-electron chi connectivity index (χ0n) is 14.4. The number of hydrogen-bond donors (Lipinski definition) is 2. The summed E-state index contributed by atoms with van der Waals surface area (Å²) in [4.78, 5) is 12.1. The molecule has 0 unspecified atom stereocenters. The summed E-state index contributed by atoms with van der Waals surface area (Å²) in [6, 6.07) is 21.7. The Morgan fingerprint density at radius 3 is 2.60 bits per heavy atom. The largest absolute Gasteiger partial charge is 0.374 e. The van der Waals surface area contributed by atoms with Crippen molar-refractivity contribution in [3.63, 3.8) is 0 Å². The smallest absolute Gasteiger partial charge is 0.262 e. The van der Waals surface area contributed by atoms with E-state index >= 15 is 0 Å². The van der Waals surface area contributed by atoms with Gasteiger partial charge in [-0.15, -0.1) is 0 Å². The van der Waals surface area contributed by atoms with E-state index in [9.17, 15) is 4.79 Å². The number of benzene rings is 3. The molecule has 3 aromatic carbocycles. The third-order valence-electron chi connectivity index (χ3n) is 3.96. The molecule has 3 rings (SSSR count). The topological polar surface area (TPSA) is 53.5 Å². The third kappa shape index (κ3) is 4.44. The molecule has 2 N–H and O–H groups in total. The lowest BCUT2D eigenvalue weighted by molar-refractivity contribution is -0.121. The van der Waals surface area contributed by atoms with Gasteiger partial charge in [0.15, 0.2) is 0 Å². The number of carbonyl (C=O) groups excluding carboxylic acids is 1. The van der Waals surface area contributed by atoms with Gasteiger partial charge in [0.05, 0.1) is 6.21 Å². The number of rotatable bonds is 5. The third-order valence-corrected chi connectivity index (χ3v) is 3.96. The molecule has 0 aliphatic heterocycles. The van der Waals surface area contributed by atoms with E-state index in [1.165, 1.54) is 5.39 Å². The Hall–Kier alpha value is -3.14. The first kappa shape index (κ1) is 16.7. The number of aryl methyl sites for hydroxylation is 1. The van der Waals surface area contributed by atoms with Crippen LogP contribution >= 0.6 is 0 Å². The summed E-state index contributed by atoms with van der Waals surface area (Å²) in [5, 5.41) is 9.56. The first-order valence-corrected chi connectivity index (χ1v) is 8.27. The molecular weight excluding hydrogens is 310 g/mol. The molecule has 0 spiro atoms. The second kappa shape index (κ2) is 7.62. The summed E-state index contributed by atoms with van der Waals surface area (Å²) in [6.45, 7) is 3.83. The second-order valence-corrected chi connectivity index (χ2v) is 6.08. The highest BCUT2D eigenvalue weighted by Gasteiger charge is 2.11. The number of anilines is 1. The summed E-state index contributed by atoms with van der Waals surface area (Å²) < 4.78 is 0. The van der Waals surface area contributed by atoms with Gasteiger partial charge in [-0.3, -0.25) is 4.79 Å². The highest BCUT2D eigenvalue weighted by molar-refractivity contribution is 5.91. The zero-order chi connectivity index (χ0) is 17.6. The minimum absolute atomic E-state index is 0.182. The van der Waals surface area contributed by atoms with Gasteiger partial charge in [0.2, 0.25) is 0 Å². The molecule has 0 bridgehead atoms. The van der Waals surface area contributed by atoms with Crippen molar-refractivity contribution in [2.24, 2.45) is 5.10 Å². The molecule has 0 aliphatic carbocycles. The first-order chi connectivity index (χ1) is 12.1. The summed E-state index contributed by atoms with van der Waals surface area (Å²) in [7, 11) is 0. The SMILES string of the molecule is Cc1cccc(N[C@@H](C)C(=O)N/N=C\c2ccc3ccccc3c2)c1. The van der Waals surface area contributed by atoms with Gasteiger partial charge in [-0.2, -0.15) is 5.10 Å². The fourth-order valence-corrected chi connectivity index (χ4v) is 2.61. The lowest BCUT2D eigenvalue weighted by atomic mass is 10.1. The van der Waals surface area contributed by atoms with Crippen molar-refractivity contribution in [1.29, 1.82) is 0 Å². The highest BCUT2D eigenvalue weighted by atomic mass is 16.2. The lowest BCUT2D eigenvalue weighted by Gasteiger charge is -2.13. The average Bonchev–Trinajstić information content (AvgIpc) is 2.61. The Morgan fingerprint density at radius 2 is 1.80 bits per heavy atom. The molecule has 25 heavy (non-hydrogen) atoms.